The summed E-state index contributed by atoms with van der Waals surface area (Å²) in [6.45, 7) is -0.292. The van der Waals surface area contributed by atoms with Crippen LogP contribution in [0.5, 0.6) is 5.75 Å². The first-order valence-electron chi connectivity index (χ1n) is 5.33. The van der Waals surface area contributed by atoms with Crippen molar-refractivity contribution in [3.05, 3.63) is 34.4 Å². The maximum absolute atomic E-state index is 11.3. The zero-order valence-electron chi connectivity index (χ0n) is 9.56. The molecule has 0 aliphatic heterocycles. The average molecular weight is 246 g/mol. The maximum atomic E-state index is 11.3. The molecule has 0 atom stereocenters. The Kier molecular flexibility index (Phi) is 2.31. The van der Waals surface area contributed by atoms with Gasteiger partial charge in [-0.3, -0.25) is 4.98 Å². The van der Waals surface area contributed by atoms with Crippen LogP contribution in [0, 0.1) is 0 Å². The van der Waals surface area contributed by atoms with E-state index in [1.54, 1.807) is 25.3 Å². The van der Waals surface area contributed by atoms with Gasteiger partial charge in [0.2, 0.25) is 0 Å². The molecule has 0 radical (unpaired) electrons. The number of methoxy groups -OCH3 is 1. The molecule has 0 aliphatic carbocycles. The number of oxazole rings is 1. The number of ether oxygens (including phenoxy) is 1. The first-order chi connectivity index (χ1) is 8.72. The summed E-state index contributed by atoms with van der Waals surface area (Å²) in [5.41, 5.74) is 1.79. The van der Waals surface area contributed by atoms with Crippen molar-refractivity contribution in [1.29, 1.82) is 0 Å². The van der Waals surface area contributed by atoms with Gasteiger partial charge in [0.25, 0.3) is 0 Å². The zero-order valence-corrected chi connectivity index (χ0v) is 9.56. The Morgan fingerprint density at radius 2 is 2.33 bits per heavy atom. The Balaban J connectivity index is 2.51. The van der Waals surface area contributed by atoms with Crippen molar-refractivity contribution in [2.75, 3.05) is 7.11 Å². The molecule has 6 nitrogen and oxygen atoms in total. The van der Waals surface area contributed by atoms with Crippen molar-refractivity contribution in [2.45, 2.75) is 6.61 Å². The lowest BCUT2D eigenvalue weighted by molar-refractivity contribution is 0.277. The minimum Gasteiger partial charge on any atom is -0.497 e. The smallest absolute Gasteiger partial charge is 0.417 e. The standard InChI is InChI=1S/C12H10N2O4/c1-17-6-2-3-8-7(4-6)10-11(9(5-15)13-8)18-12(16)14-10/h2-4,15H,5H2,1H3,(H,14,16). The van der Waals surface area contributed by atoms with E-state index in [2.05, 4.69) is 9.97 Å². The summed E-state index contributed by atoms with van der Waals surface area (Å²) in [6.07, 6.45) is 0. The Bertz CT molecular complexity index is 788. The normalized spacial score (nSPS) is 11.2. The van der Waals surface area contributed by atoms with E-state index in [9.17, 15) is 9.90 Å². The monoisotopic (exact) mass is 246 g/mol. The Morgan fingerprint density at radius 3 is 3.06 bits per heavy atom. The third-order valence-electron chi connectivity index (χ3n) is 2.79. The predicted molar refractivity (Wildman–Crippen MR) is 64.6 cm³/mol. The molecule has 3 rings (SSSR count). The Labute approximate surface area is 101 Å². The highest BCUT2D eigenvalue weighted by molar-refractivity contribution is 6.02. The first-order valence-corrected chi connectivity index (χ1v) is 5.33. The quantitative estimate of drug-likeness (QED) is 0.708. The molecule has 0 amide bonds. The van der Waals surface area contributed by atoms with E-state index in [0.29, 0.717) is 27.9 Å². The highest BCUT2D eigenvalue weighted by Gasteiger charge is 2.13. The number of nitrogens with zero attached hydrogens (tertiary/aromatic N) is 1. The van der Waals surface area contributed by atoms with Crippen LogP contribution in [0.4, 0.5) is 0 Å². The lowest BCUT2D eigenvalue weighted by Crippen LogP contribution is -1.93. The highest BCUT2D eigenvalue weighted by Crippen LogP contribution is 2.27. The van der Waals surface area contributed by atoms with Gasteiger partial charge >= 0.3 is 5.76 Å². The number of fused-ring (bicyclic) bond motifs is 3. The molecule has 0 saturated carbocycles. The van der Waals surface area contributed by atoms with E-state index in [1.165, 1.54) is 0 Å². The zero-order chi connectivity index (χ0) is 12.7. The number of hydrogen-bond acceptors (Lipinski definition) is 5. The minimum absolute atomic E-state index is 0.281. The minimum atomic E-state index is -0.572. The summed E-state index contributed by atoms with van der Waals surface area (Å²) < 4.78 is 10.1. The van der Waals surface area contributed by atoms with Gasteiger partial charge in [0.15, 0.2) is 5.58 Å². The van der Waals surface area contributed by atoms with Gasteiger partial charge in [-0.2, -0.15) is 0 Å². The lowest BCUT2D eigenvalue weighted by Gasteiger charge is -2.04. The molecule has 2 N–H and O–H groups in total. The average Bonchev–Trinajstić information content (AvgIpc) is 2.79. The van der Waals surface area contributed by atoms with Crippen LogP contribution in [0.15, 0.2) is 27.4 Å². The number of aliphatic hydroxyl groups is 1. The highest BCUT2D eigenvalue weighted by atomic mass is 16.5. The number of pyridine rings is 1. The summed E-state index contributed by atoms with van der Waals surface area (Å²) in [6, 6.07) is 5.29. The molecule has 1 aromatic carbocycles. The summed E-state index contributed by atoms with van der Waals surface area (Å²) in [7, 11) is 1.56. The molecule has 18 heavy (non-hydrogen) atoms. The molecule has 0 fully saturated rings. The van der Waals surface area contributed by atoms with Crippen molar-refractivity contribution >= 4 is 22.0 Å². The molecule has 2 heterocycles. The SMILES string of the molecule is COc1ccc2nc(CO)c3oc(=O)[nH]c3c2c1. The van der Waals surface area contributed by atoms with Gasteiger partial charge in [-0.25, -0.2) is 9.78 Å². The van der Waals surface area contributed by atoms with Gasteiger partial charge < -0.3 is 14.3 Å². The predicted octanol–water partition coefficient (Wildman–Crippen LogP) is 1.17. The number of nitrogens with one attached hydrogen (secondary N) is 1. The fraction of sp³-hybridized carbons (Fsp3) is 0.167. The van der Waals surface area contributed by atoms with E-state index in [4.69, 9.17) is 9.15 Å². The number of benzene rings is 1. The second-order valence-corrected chi connectivity index (χ2v) is 3.82. The largest absolute Gasteiger partial charge is 0.497 e. The van der Waals surface area contributed by atoms with Gasteiger partial charge in [-0.05, 0) is 18.2 Å². The van der Waals surface area contributed by atoms with Crippen LogP contribution in [0.3, 0.4) is 0 Å². The number of aliphatic hydroxyl groups excluding tert-OH is 1. The van der Waals surface area contributed by atoms with Gasteiger partial charge in [0, 0.05) is 5.39 Å². The molecular formula is C12H10N2O4. The summed E-state index contributed by atoms with van der Waals surface area (Å²) in [5, 5.41) is 9.96. The fourth-order valence-electron chi connectivity index (χ4n) is 1.96. The Hall–Kier alpha value is -2.34. The van der Waals surface area contributed by atoms with Crippen LogP contribution in [0.2, 0.25) is 0 Å². The fourth-order valence-corrected chi connectivity index (χ4v) is 1.96. The maximum Gasteiger partial charge on any atom is 0.417 e. The number of aromatic amines is 1. The summed E-state index contributed by atoms with van der Waals surface area (Å²) >= 11 is 0. The molecule has 0 bridgehead atoms. The Morgan fingerprint density at radius 1 is 1.50 bits per heavy atom. The molecule has 0 unspecified atom stereocenters. The molecule has 0 aliphatic rings. The van der Waals surface area contributed by atoms with Gasteiger partial charge in [0.05, 0.1) is 24.8 Å². The van der Waals surface area contributed by atoms with E-state index < -0.39 is 5.76 Å². The van der Waals surface area contributed by atoms with Crippen LogP contribution in [-0.4, -0.2) is 22.2 Å². The topological polar surface area (TPSA) is 88.3 Å². The van der Waals surface area contributed by atoms with Gasteiger partial charge in [-0.1, -0.05) is 0 Å². The van der Waals surface area contributed by atoms with Crippen LogP contribution in [-0.2, 0) is 6.61 Å². The van der Waals surface area contributed by atoms with E-state index in [1.807, 2.05) is 0 Å². The molecule has 92 valence electrons. The third kappa shape index (κ3) is 1.46. The lowest BCUT2D eigenvalue weighted by atomic mass is 10.1. The van der Waals surface area contributed by atoms with Gasteiger partial charge in [-0.15, -0.1) is 0 Å². The summed E-state index contributed by atoms with van der Waals surface area (Å²) in [5.74, 6) is 0.0845. The van der Waals surface area contributed by atoms with E-state index >= 15 is 0 Å². The summed E-state index contributed by atoms with van der Waals surface area (Å²) in [4.78, 5) is 18.1. The van der Waals surface area contributed by atoms with Crippen LogP contribution in [0.1, 0.15) is 5.69 Å². The van der Waals surface area contributed by atoms with E-state index in [0.717, 1.165) is 0 Å². The molecule has 6 heteroatoms. The van der Waals surface area contributed by atoms with Gasteiger partial charge in [0.1, 0.15) is 11.4 Å². The number of H-pyrrole nitrogens is 1. The van der Waals surface area contributed by atoms with Crippen LogP contribution in [0.25, 0.3) is 22.0 Å². The van der Waals surface area contributed by atoms with Crippen molar-refractivity contribution in [2.24, 2.45) is 0 Å². The van der Waals surface area contributed by atoms with Crippen molar-refractivity contribution in [1.82, 2.24) is 9.97 Å². The molecule has 2 aromatic heterocycles. The van der Waals surface area contributed by atoms with Crippen molar-refractivity contribution in [3.63, 3.8) is 0 Å². The third-order valence-corrected chi connectivity index (χ3v) is 2.79. The number of aromatic nitrogens is 2. The van der Waals surface area contributed by atoms with Crippen molar-refractivity contribution in [3.8, 4) is 5.75 Å². The number of hydrogen-bond donors (Lipinski definition) is 2. The second-order valence-electron chi connectivity index (χ2n) is 3.82. The van der Waals surface area contributed by atoms with Crippen LogP contribution < -0.4 is 10.5 Å². The van der Waals surface area contributed by atoms with E-state index in [-0.39, 0.29) is 12.2 Å². The van der Waals surface area contributed by atoms with Crippen molar-refractivity contribution < 1.29 is 14.3 Å². The molecule has 0 spiro atoms. The molecule has 3 aromatic rings. The van der Waals surface area contributed by atoms with Crippen LogP contribution >= 0.6 is 0 Å². The number of rotatable bonds is 2. The first kappa shape index (κ1) is 10.8. The molecular weight excluding hydrogens is 236 g/mol. The molecule has 0 saturated heterocycles. The second kappa shape index (κ2) is 3.85.